The molecular weight excluding hydrogens is 390 g/mol. The van der Waals surface area contributed by atoms with E-state index in [9.17, 15) is 0 Å². The molecule has 0 saturated heterocycles. The topological polar surface area (TPSA) is 0 Å². The van der Waals surface area contributed by atoms with Crippen LogP contribution in [0.3, 0.4) is 0 Å². The van der Waals surface area contributed by atoms with Gasteiger partial charge in [-0.3, -0.25) is 6.08 Å². The Morgan fingerprint density at radius 3 is 1.64 bits per heavy atom. The van der Waals surface area contributed by atoms with Gasteiger partial charge in [0.15, 0.2) is 0 Å². The molecule has 22 heavy (non-hydrogen) atoms. The van der Waals surface area contributed by atoms with E-state index in [0.29, 0.717) is 0 Å². The fourth-order valence-corrected chi connectivity index (χ4v) is 2.49. The molecule has 0 bridgehead atoms. The summed E-state index contributed by atoms with van der Waals surface area (Å²) in [4.78, 5) is 0. The van der Waals surface area contributed by atoms with Crippen molar-refractivity contribution in [2.45, 2.75) is 68.2 Å². The molecule has 2 aliphatic carbocycles. The molecule has 0 nitrogen and oxygen atoms in total. The largest absolute Gasteiger partial charge is 4.00 e. The maximum absolute atomic E-state index is 3.44. The maximum atomic E-state index is 3.44. The smallest absolute Gasteiger partial charge is 1.00 e. The van der Waals surface area contributed by atoms with Crippen LogP contribution in [0.4, 0.5) is 0 Å². The summed E-state index contributed by atoms with van der Waals surface area (Å²) in [5.41, 5.74) is 8.70. The minimum atomic E-state index is 0. The first kappa shape index (κ1) is 27.3. The van der Waals surface area contributed by atoms with E-state index >= 15 is 0 Å². The zero-order valence-corrected chi connectivity index (χ0v) is 19.1. The number of hydrogen-bond donors (Lipinski definition) is 0. The third kappa shape index (κ3) is 6.90. The molecule has 0 unspecified atom stereocenters. The number of hydrogen-bond acceptors (Lipinski definition) is 0. The SMILES string of the molecule is CC1=[C-]C(C)(C)C(C)=C1C.CCC1=[C-]C(C)=C(C)C1.[Cl-].[Cl-].[Zr+4]. The molecule has 0 aromatic rings. The van der Waals surface area contributed by atoms with Crippen LogP contribution >= 0.6 is 0 Å². The first-order chi connectivity index (χ1) is 8.69. The van der Waals surface area contributed by atoms with E-state index in [2.05, 4.69) is 67.5 Å². The number of allylic oxidation sites excluding steroid dienone is 8. The van der Waals surface area contributed by atoms with Gasteiger partial charge >= 0.3 is 26.2 Å². The zero-order chi connectivity index (χ0) is 14.8. The Morgan fingerprint density at radius 1 is 1.00 bits per heavy atom. The van der Waals surface area contributed by atoms with Crippen LogP contribution in [0.15, 0.2) is 33.4 Å². The summed E-state index contributed by atoms with van der Waals surface area (Å²) < 4.78 is 0. The average Bonchev–Trinajstić information content (AvgIpc) is 2.74. The van der Waals surface area contributed by atoms with Gasteiger partial charge in [0.2, 0.25) is 0 Å². The molecule has 0 atom stereocenters. The minimum Gasteiger partial charge on any atom is -1.00 e. The quantitative estimate of drug-likeness (QED) is 0.526. The molecule has 0 radical (unpaired) electrons. The van der Waals surface area contributed by atoms with Crippen molar-refractivity contribution in [3.63, 3.8) is 0 Å². The first-order valence-corrected chi connectivity index (χ1v) is 7.27. The van der Waals surface area contributed by atoms with Crippen molar-refractivity contribution in [1.29, 1.82) is 0 Å². The van der Waals surface area contributed by atoms with E-state index in [4.69, 9.17) is 0 Å². The van der Waals surface area contributed by atoms with Gasteiger partial charge in [0.1, 0.15) is 0 Å². The summed E-state index contributed by atoms with van der Waals surface area (Å²) in [6, 6.07) is 0. The van der Waals surface area contributed by atoms with Crippen molar-refractivity contribution in [1.82, 2.24) is 0 Å². The predicted octanol–water partition coefficient (Wildman–Crippen LogP) is -0.0163. The Morgan fingerprint density at radius 2 is 1.50 bits per heavy atom. The van der Waals surface area contributed by atoms with Gasteiger partial charge in [0, 0.05) is 0 Å². The second kappa shape index (κ2) is 11.1. The van der Waals surface area contributed by atoms with E-state index in [-0.39, 0.29) is 56.4 Å². The zero-order valence-electron chi connectivity index (χ0n) is 15.2. The summed E-state index contributed by atoms with van der Waals surface area (Å²) in [7, 11) is 0. The molecule has 0 spiro atoms. The minimum absolute atomic E-state index is 0. The second-order valence-corrected chi connectivity index (χ2v) is 6.29. The second-order valence-electron chi connectivity index (χ2n) is 6.29. The fraction of sp³-hybridized carbons (Fsp3) is 0.579. The van der Waals surface area contributed by atoms with Crippen LogP contribution in [0.5, 0.6) is 0 Å². The van der Waals surface area contributed by atoms with Crippen LogP contribution in [-0.4, -0.2) is 0 Å². The van der Waals surface area contributed by atoms with Gasteiger partial charge < -0.3 is 24.8 Å². The van der Waals surface area contributed by atoms with Crippen molar-refractivity contribution in [2.75, 3.05) is 0 Å². The number of halogens is 2. The summed E-state index contributed by atoms with van der Waals surface area (Å²) in [5, 5.41) is 0. The van der Waals surface area contributed by atoms with E-state index in [1.165, 1.54) is 39.9 Å². The molecule has 0 saturated carbocycles. The van der Waals surface area contributed by atoms with Crippen molar-refractivity contribution >= 4 is 0 Å². The van der Waals surface area contributed by atoms with E-state index < -0.39 is 0 Å². The fourth-order valence-electron chi connectivity index (χ4n) is 2.49. The Bertz CT molecular complexity index is 492. The Kier molecular flexibility index (Phi) is 13.7. The third-order valence-corrected chi connectivity index (χ3v) is 4.47. The Balaban J connectivity index is -0.000000290. The van der Waals surface area contributed by atoms with Crippen molar-refractivity contribution in [2.24, 2.45) is 5.41 Å². The molecule has 0 N–H and O–H groups in total. The van der Waals surface area contributed by atoms with Crippen LogP contribution < -0.4 is 24.8 Å². The van der Waals surface area contributed by atoms with Gasteiger partial charge in [-0.25, -0.2) is 22.8 Å². The molecule has 122 valence electrons. The predicted molar refractivity (Wildman–Crippen MR) is 84.6 cm³/mol. The Labute approximate surface area is 169 Å². The van der Waals surface area contributed by atoms with Gasteiger partial charge in [0.25, 0.3) is 0 Å². The molecule has 0 fully saturated rings. The van der Waals surface area contributed by atoms with Crippen LogP contribution in [0.2, 0.25) is 0 Å². The molecule has 0 aromatic carbocycles. The van der Waals surface area contributed by atoms with Crippen molar-refractivity contribution in [3.8, 4) is 0 Å². The van der Waals surface area contributed by atoms with Crippen LogP contribution in [0.1, 0.15) is 68.2 Å². The monoisotopic (exact) mass is 416 g/mol. The molecule has 0 heterocycles. The van der Waals surface area contributed by atoms with Crippen LogP contribution in [0.25, 0.3) is 0 Å². The first-order valence-electron chi connectivity index (χ1n) is 7.27. The van der Waals surface area contributed by atoms with E-state index in [0.717, 1.165) is 6.42 Å². The van der Waals surface area contributed by atoms with Crippen molar-refractivity contribution in [3.05, 3.63) is 45.6 Å². The van der Waals surface area contributed by atoms with E-state index in [1.807, 2.05) is 0 Å². The summed E-state index contributed by atoms with van der Waals surface area (Å²) in [5.74, 6) is 0. The van der Waals surface area contributed by atoms with Gasteiger partial charge in [-0.1, -0.05) is 59.8 Å². The van der Waals surface area contributed by atoms with Crippen molar-refractivity contribution < 1.29 is 51.0 Å². The van der Waals surface area contributed by atoms with E-state index in [1.54, 1.807) is 0 Å². The summed E-state index contributed by atoms with van der Waals surface area (Å²) in [6.45, 7) is 17.4. The molecule has 2 aliphatic rings. The van der Waals surface area contributed by atoms with Crippen LogP contribution in [-0.2, 0) is 26.2 Å². The molecule has 0 aliphatic heterocycles. The maximum Gasteiger partial charge on any atom is 4.00 e. The molecular formula is C19H28Cl2Zr. The standard InChI is InChI=1S/C10H15.C9H13.2ClH.Zr/c1-7-6-10(4,5)9(3)8(7)2;1-4-9-5-7(2)8(3)6-9;;;/h1-5H3;4-5H2,1-3H3;2*1H;/q2*-1;;;+4/p-2. The third-order valence-electron chi connectivity index (χ3n) is 4.47. The summed E-state index contributed by atoms with van der Waals surface area (Å²) in [6.07, 6.45) is 9.12. The van der Waals surface area contributed by atoms with Gasteiger partial charge in [-0.2, -0.15) is 16.7 Å². The molecule has 0 amide bonds. The summed E-state index contributed by atoms with van der Waals surface area (Å²) >= 11 is 0. The number of rotatable bonds is 1. The van der Waals surface area contributed by atoms with Crippen LogP contribution in [0, 0.1) is 17.6 Å². The molecule has 0 aromatic heterocycles. The van der Waals surface area contributed by atoms with Gasteiger partial charge in [-0.15, -0.1) is 13.8 Å². The van der Waals surface area contributed by atoms with Gasteiger partial charge in [0.05, 0.1) is 0 Å². The normalized spacial score (nSPS) is 18.4. The molecule has 2 rings (SSSR count). The van der Waals surface area contributed by atoms with Gasteiger partial charge in [-0.05, 0) is 0 Å². The average molecular weight is 419 g/mol. The Hall–Kier alpha value is 0.423. The molecule has 3 heteroatoms.